The molecule has 1 saturated heterocycles. The lowest BCUT2D eigenvalue weighted by Crippen LogP contribution is -2.37. The molecule has 0 unspecified atom stereocenters. The SMILES string of the molecule is O=S1(=O)CCC(NCc2ccno2)CC1. The second-order valence-corrected chi connectivity index (χ2v) is 6.09. The highest BCUT2D eigenvalue weighted by atomic mass is 32.2. The van der Waals surface area contributed by atoms with E-state index in [4.69, 9.17) is 4.52 Å². The van der Waals surface area contributed by atoms with Crippen molar-refractivity contribution in [3.8, 4) is 0 Å². The zero-order valence-electron chi connectivity index (χ0n) is 8.35. The summed E-state index contributed by atoms with van der Waals surface area (Å²) in [6, 6.07) is 2.07. The van der Waals surface area contributed by atoms with E-state index in [1.807, 2.05) is 0 Å². The Hall–Kier alpha value is -0.880. The van der Waals surface area contributed by atoms with Gasteiger partial charge in [0.2, 0.25) is 0 Å². The molecule has 84 valence electrons. The summed E-state index contributed by atoms with van der Waals surface area (Å²) >= 11 is 0. The van der Waals surface area contributed by atoms with Crippen molar-refractivity contribution in [3.05, 3.63) is 18.0 Å². The highest BCUT2D eigenvalue weighted by molar-refractivity contribution is 7.91. The molecule has 1 aromatic heterocycles. The molecule has 1 aliphatic rings. The van der Waals surface area contributed by atoms with E-state index in [9.17, 15) is 8.42 Å². The van der Waals surface area contributed by atoms with Gasteiger partial charge in [0, 0.05) is 12.1 Å². The molecule has 6 heteroatoms. The number of hydrogen-bond donors (Lipinski definition) is 1. The zero-order chi connectivity index (χ0) is 10.7. The molecule has 1 fully saturated rings. The minimum Gasteiger partial charge on any atom is -0.360 e. The lowest BCUT2D eigenvalue weighted by molar-refractivity contribution is 0.357. The fourth-order valence-corrected chi connectivity index (χ4v) is 3.16. The normalized spacial score (nSPS) is 21.6. The topological polar surface area (TPSA) is 72.2 Å². The van der Waals surface area contributed by atoms with Crippen LogP contribution >= 0.6 is 0 Å². The Balaban J connectivity index is 1.78. The van der Waals surface area contributed by atoms with Crippen LogP contribution in [-0.2, 0) is 16.4 Å². The van der Waals surface area contributed by atoms with Crippen molar-refractivity contribution in [2.75, 3.05) is 11.5 Å². The van der Waals surface area contributed by atoms with Crippen LogP contribution in [0.25, 0.3) is 0 Å². The van der Waals surface area contributed by atoms with E-state index in [2.05, 4.69) is 10.5 Å². The molecule has 1 N–H and O–H groups in total. The summed E-state index contributed by atoms with van der Waals surface area (Å²) in [5.74, 6) is 1.37. The molecular weight excluding hydrogens is 216 g/mol. The molecule has 0 amide bonds. The van der Waals surface area contributed by atoms with Crippen LogP contribution in [0.4, 0.5) is 0 Å². The lowest BCUT2D eigenvalue weighted by atomic mass is 10.1. The largest absolute Gasteiger partial charge is 0.360 e. The Morgan fingerprint density at radius 3 is 2.80 bits per heavy atom. The van der Waals surface area contributed by atoms with Gasteiger partial charge >= 0.3 is 0 Å². The smallest absolute Gasteiger partial charge is 0.150 e. The summed E-state index contributed by atoms with van der Waals surface area (Å²) in [4.78, 5) is 0. The predicted molar refractivity (Wildman–Crippen MR) is 55.0 cm³/mol. The summed E-state index contributed by atoms with van der Waals surface area (Å²) in [6.45, 7) is 0.616. The number of aromatic nitrogens is 1. The van der Waals surface area contributed by atoms with E-state index in [0.717, 1.165) is 5.76 Å². The van der Waals surface area contributed by atoms with Crippen molar-refractivity contribution in [3.63, 3.8) is 0 Å². The number of hydrogen-bond acceptors (Lipinski definition) is 5. The zero-order valence-corrected chi connectivity index (χ0v) is 9.16. The van der Waals surface area contributed by atoms with Crippen molar-refractivity contribution in [1.82, 2.24) is 10.5 Å². The van der Waals surface area contributed by atoms with E-state index >= 15 is 0 Å². The molecule has 0 spiro atoms. The van der Waals surface area contributed by atoms with E-state index in [1.54, 1.807) is 12.3 Å². The fraction of sp³-hybridized carbons (Fsp3) is 0.667. The van der Waals surface area contributed by atoms with Gasteiger partial charge in [0.05, 0.1) is 24.2 Å². The van der Waals surface area contributed by atoms with Crippen LogP contribution in [0.1, 0.15) is 18.6 Å². The van der Waals surface area contributed by atoms with Gasteiger partial charge in [-0.05, 0) is 12.8 Å². The van der Waals surface area contributed by atoms with Crippen molar-refractivity contribution in [1.29, 1.82) is 0 Å². The second-order valence-electron chi connectivity index (χ2n) is 3.79. The Morgan fingerprint density at radius 1 is 1.47 bits per heavy atom. The quantitative estimate of drug-likeness (QED) is 0.810. The van der Waals surface area contributed by atoms with Crippen molar-refractivity contribution >= 4 is 9.84 Å². The summed E-state index contributed by atoms with van der Waals surface area (Å²) in [7, 11) is -2.76. The number of rotatable bonds is 3. The molecule has 0 aromatic carbocycles. The first-order valence-electron chi connectivity index (χ1n) is 4.99. The summed E-state index contributed by atoms with van der Waals surface area (Å²) in [5, 5.41) is 6.86. The molecule has 5 nitrogen and oxygen atoms in total. The molecule has 0 radical (unpaired) electrons. The van der Waals surface area contributed by atoms with E-state index in [0.29, 0.717) is 30.9 Å². The van der Waals surface area contributed by atoms with E-state index in [-0.39, 0.29) is 6.04 Å². The molecular formula is C9H14N2O3S. The molecule has 15 heavy (non-hydrogen) atoms. The average Bonchev–Trinajstić information content (AvgIpc) is 2.69. The minimum absolute atomic E-state index is 0.277. The average molecular weight is 230 g/mol. The van der Waals surface area contributed by atoms with Crippen molar-refractivity contribution in [2.24, 2.45) is 0 Å². The molecule has 0 atom stereocenters. The van der Waals surface area contributed by atoms with E-state index in [1.165, 1.54) is 0 Å². The van der Waals surface area contributed by atoms with Crippen LogP contribution in [0, 0.1) is 0 Å². The molecule has 2 rings (SSSR count). The standard InChI is InChI=1S/C9H14N2O3S/c12-15(13)5-2-8(3-6-15)10-7-9-1-4-11-14-9/h1,4,8,10H,2-3,5-7H2. The summed E-state index contributed by atoms with van der Waals surface area (Å²) < 4.78 is 27.3. The van der Waals surface area contributed by atoms with Gasteiger partial charge in [-0.15, -0.1) is 0 Å². The van der Waals surface area contributed by atoms with Crippen molar-refractivity contribution in [2.45, 2.75) is 25.4 Å². The Morgan fingerprint density at radius 2 is 2.20 bits per heavy atom. The van der Waals surface area contributed by atoms with Crippen LogP contribution in [0.15, 0.2) is 16.8 Å². The molecule has 0 aliphatic carbocycles. The van der Waals surface area contributed by atoms with Crippen molar-refractivity contribution < 1.29 is 12.9 Å². The molecule has 0 bridgehead atoms. The highest BCUT2D eigenvalue weighted by Crippen LogP contribution is 2.12. The minimum atomic E-state index is -2.76. The molecule has 1 aliphatic heterocycles. The number of nitrogens with one attached hydrogen (secondary N) is 1. The number of nitrogens with zero attached hydrogens (tertiary/aromatic N) is 1. The second kappa shape index (κ2) is 4.32. The van der Waals surface area contributed by atoms with Gasteiger partial charge in [-0.3, -0.25) is 0 Å². The van der Waals surface area contributed by atoms with Crippen LogP contribution < -0.4 is 5.32 Å². The third kappa shape index (κ3) is 3.04. The highest BCUT2D eigenvalue weighted by Gasteiger charge is 2.23. The van der Waals surface area contributed by atoms with Gasteiger partial charge in [0.15, 0.2) is 0 Å². The van der Waals surface area contributed by atoms with E-state index < -0.39 is 9.84 Å². The van der Waals surface area contributed by atoms with Gasteiger partial charge in [-0.1, -0.05) is 5.16 Å². The third-order valence-corrected chi connectivity index (χ3v) is 4.33. The predicted octanol–water partition coefficient (Wildman–Crippen LogP) is 0.341. The summed E-state index contributed by atoms with van der Waals surface area (Å²) in [5.41, 5.74) is 0. The lowest BCUT2D eigenvalue weighted by Gasteiger charge is -2.22. The molecule has 2 heterocycles. The van der Waals surface area contributed by atoms with Gasteiger partial charge in [-0.2, -0.15) is 0 Å². The maximum atomic E-state index is 11.2. The first kappa shape index (κ1) is 10.6. The van der Waals surface area contributed by atoms with Gasteiger partial charge in [0.1, 0.15) is 15.6 Å². The van der Waals surface area contributed by atoms with Gasteiger partial charge in [-0.25, -0.2) is 8.42 Å². The fourth-order valence-electron chi connectivity index (χ4n) is 1.67. The first-order chi connectivity index (χ1) is 7.16. The van der Waals surface area contributed by atoms with Gasteiger partial charge < -0.3 is 9.84 Å². The van der Waals surface area contributed by atoms with Crippen LogP contribution in [0.3, 0.4) is 0 Å². The first-order valence-corrected chi connectivity index (χ1v) is 6.81. The Bertz CT molecular complexity index is 385. The van der Waals surface area contributed by atoms with Crippen LogP contribution in [-0.4, -0.2) is 31.1 Å². The van der Waals surface area contributed by atoms with Crippen LogP contribution in [0.5, 0.6) is 0 Å². The maximum Gasteiger partial charge on any atom is 0.150 e. The summed E-state index contributed by atoms with van der Waals surface area (Å²) in [6.07, 6.45) is 2.98. The number of sulfone groups is 1. The molecule has 1 aromatic rings. The Labute approximate surface area is 88.8 Å². The monoisotopic (exact) mass is 230 g/mol. The van der Waals surface area contributed by atoms with Gasteiger partial charge in [0.25, 0.3) is 0 Å². The third-order valence-electron chi connectivity index (χ3n) is 2.61. The Kier molecular flexibility index (Phi) is 3.06. The maximum absolute atomic E-state index is 11.2. The molecule has 0 saturated carbocycles. The van der Waals surface area contributed by atoms with Crippen LogP contribution in [0.2, 0.25) is 0 Å².